The zero-order chi connectivity index (χ0) is 15.1. The molecule has 0 amide bonds. The van der Waals surface area contributed by atoms with Crippen molar-refractivity contribution < 1.29 is 0 Å². The fraction of sp³-hybridized carbons (Fsp3) is 0.188. The lowest BCUT2D eigenvalue weighted by Crippen LogP contribution is -2.03. The number of nitrogens with zero attached hydrogens (tertiary/aromatic N) is 4. The van der Waals surface area contributed by atoms with Crippen LogP contribution in [0.25, 0.3) is 17.2 Å². The van der Waals surface area contributed by atoms with Crippen LogP contribution in [0, 0.1) is 6.92 Å². The van der Waals surface area contributed by atoms with Crippen molar-refractivity contribution in [2.24, 2.45) is 0 Å². The van der Waals surface area contributed by atoms with Crippen LogP contribution in [0.5, 0.6) is 0 Å². The number of nitrogens with one attached hydrogen (secondary N) is 1. The van der Waals surface area contributed by atoms with Crippen LogP contribution in [0.2, 0.25) is 5.02 Å². The number of anilines is 1. The number of hydrogen-bond donors (Lipinski definition) is 1. The number of halogens is 1. The first-order valence-corrected chi connectivity index (χ1v) is 7.52. The van der Waals surface area contributed by atoms with Crippen molar-refractivity contribution in [3.63, 3.8) is 0 Å². The molecular formula is C16H14ClN5. The summed E-state index contributed by atoms with van der Waals surface area (Å²) < 4.78 is 2.06. The first-order valence-electron chi connectivity index (χ1n) is 7.14. The van der Waals surface area contributed by atoms with Crippen molar-refractivity contribution in [1.29, 1.82) is 0 Å². The summed E-state index contributed by atoms with van der Waals surface area (Å²) in [6, 6.07) is 11.7. The van der Waals surface area contributed by atoms with E-state index in [0.29, 0.717) is 5.02 Å². The molecule has 6 heteroatoms. The average molecular weight is 312 g/mol. The van der Waals surface area contributed by atoms with Gasteiger partial charge in [0.1, 0.15) is 11.5 Å². The summed E-state index contributed by atoms with van der Waals surface area (Å²) in [6.45, 7) is 2.77. The number of pyridine rings is 1. The van der Waals surface area contributed by atoms with Crippen molar-refractivity contribution in [3.8, 4) is 17.2 Å². The van der Waals surface area contributed by atoms with E-state index in [1.165, 1.54) is 0 Å². The predicted octanol–water partition coefficient (Wildman–Crippen LogP) is 3.26. The van der Waals surface area contributed by atoms with Crippen LogP contribution in [-0.2, 0) is 6.42 Å². The predicted molar refractivity (Wildman–Crippen MR) is 86.5 cm³/mol. The largest absolute Gasteiger partial charge is 0.383 e. The van der Waals surface area contributed by atoms with Gasteiger partial charge in [0, 0.05) is 23.7 Å². The van der Waals surface area contributed by atoms with Gasteiger partial charge in [-0.1, -0.05) is 17.7 Å². The maximum atomic E-state index is 6.12. The van der Waals surface area contributed by atoms with Crippen molar-refractivity contribution in [2.45, 2.75) is 13.3 Å². The Morgan fingerprint density at radius 3 is 2.95 bits per heavy atom. The molecule has 0 radical (unpaired) electrons. The van der Waals surface area contributed by atoms with E-state index < -0.39 is 0 Å². The lowest BCUT2D eigenvalue weighted by molar-refractivity contribution is 0.873. The Morgan fingerprint density at radius 2 is 2.09 bits per heavy atom. The summed E-state index contributed by atoms with van der Waals surface area (Å²) in [7, 11) is 0. The number of aromatic nitrogens is 4. The Labute approximate surface area is 133 Å². The first-order chi connectivity index (χ1) is 10.7. The van der Waals surface area contributed by atoms with Gasteiger partial charge < -0.3 is 5.32 Å². The number of benzene rings is 1. The van der Waals surface area contributed by atoms with Crippen molar-refractivity contribution >= 4 is 17.3 Å². The summed E-state index contributed by atoms with van der Waals surface area (Å²) in [4.78, 5) is 4.58. The van der Waals surface area contributed by atoms with Gasteiger partial charge in [-0.2, -0.15) is 0 Å². The van der Waals surface area contributed by atoms with E-state index in [-0.39, 0.29) is 0 Å². The van der Waals surface area contributed by atoms with Gasteiger partial charge in [0.15, 0.2) is 5.82 Å². The molecule has 0 bridgehead atoms. The van der Waals surface area contributed by atoms with Gasteiger partial charge in [0.05, 0.1) is 11.4 Å². The Balaban J connectivity index is 1.96. The second-order valence-corrected chi connectivity index (χ2v) is 5.71. The minimum atomic E-state index is 0.706. The molecule has 2 aromatic heterocycles. The van der Waals surface area contributed by atoms with E-state index in [1.807, 2.05) is 43.3 Å². The molecule has 110 valence electrons. The highest BCUT2D eigenvalue weighted by molar-refractivity contribution is 6.31. The molecular weight excluding hydrogens is 298 g/mol. The van der Waals surface area contributed by atoms with Crippen LogP contribution in [-0.4, -0.2) is 26.3 Å². The minimum Gasteiger partial charge on any atom is -0.383 e. The fourth-order valence-corrected chi connectivity index (χ4v) is 2.89. The second-order valence-electron chi connectivity index (χ2n) is 5.28. The second kappa shape index (κ2) is 5.10. The molecule has 4 rings (SSSR count). The third kappa shape index (κ3) is 2.14. The molecule has 22 heavy (non-hydrogen) atoms. The molecule has 1 aromatic carbocycles. The van der Waals surface area contributed by atoms with E-state index in [9.17, 15) is 0 Å². The van der Waals surface area contributed by atoms with E-state index in [1.54, 1.807) is 0 Å². The van der Waals surface area contributed by atoms with E-state index >= 15 is 0 Å². The Bertz CT molecular complexity index is 855. The number of aryl methyl sites for hydroxylation is 1. The number of hydrogen-bond acceptors (Lipinski definition) is 4. The quantitative estimate of drug-likeness (QED) is 0.749. The van der Waals surface area contributed by atoms with Crippen LogP contribution in [0.4, 0.5) is 5.69 Å². The molecule has 0 unspecified atom stereocenters. The summed E-state index contributed by atoms with van der Waals surface area (Å²) in [5.74, 6) is 1.68. The zero-order valence-electron chi connectivity index (χ0n) is 12.0. The molecule has 1 aliphatic rings. The Morgan fingerprint density at radius 1 is 1.18 bits per heavy atom. The van der Waals surface area contributed by atoms with Crippen LogP contribution < -0.4 is 5.32 Å². The third-order valence-electron chi connectivity index (χ3n) is 3.71. The van der Waals surface area contributed by atoms with Gasteiger partial charge >= 0.3 is 0 Å². The molecule has 3 aromatic rings. The normalized spacial score (nSPS) is 13.0. The lowest BCUT2D eigenvalue weighted by atomic mass is 10.2. The smallest absolute Gasteiger partial charge is 0.187 e. The number of rotatable bonds is 1. The third-order valence-corrected chi connectivity index (χ3v) is 3.95. The topological polar surface area (TPSA) is 55.6 Å². The summed E-state index contributed by atoms with van der Waals surface area (Å²) in [5, 5.41) is 12.8. The van der Waals surface area contributed by atoms with Crippen molar-refractivity contribution in [2.75, 3.05) is 11.9 Å². The van der Waals surface area contributed by atoms with Gasteiger partial charge in [-0.3, -0.25) is 4.57 Å². The van der Waals surface area contributed by atoms with Gasteiger partial charge in [-0.15, -0.1) is 10.2 Å². The van der Waals surface area contributed by atoms with Gasteiger partial charge in [-0.25, -0.2) is 4.98 Å². The SMILES string of the molecule is Cc1cccc(-c2nnc3n2-c2ccc(Cl)cc2NCC3)n1. The Hall–Kier alpha value is -2.40. The van der Waals surface area contributed by atoms with Crippen LogP contribution in [0.3, 0.4) is 0 Å². The maximum Gasteiger partial charge on any atom is 0.187 e. The molecule has 0 atom stereocenters. The molecule has 1 N–H and O–H groups in total. The molecule has 0 saturated heterocycles. The Kier molecular flexibility index (Phi) is 3.08. The average Bonchev–Trinajstić information content (AvgIpc) is 2.83. The standard InChI is InChI=1S/C16H14ClN5/c1-10-3-2-4-12(19-10)16-21-20-15-7-8-18-13-9-11(17)5-6-14(13)22(15)16/h2-6,9,18H,7-8H2,1H3. The first kappa shape index (κ1) is 13.3. The highest BCUT2D eigenvalue weighted by Crippen LogP contribution is 2.31. The van der Waals surface area contributed by atoms with Gasteiger partial charge in [-0.05, 0) is 37.3 Å². The van der Waals surface area contributed by atoms with Gasteiger partial charge in [0.25, 0.3) is 0 Å². The van der Waals surface area contributed by atoms with Gasteiger partial charge in [0.2, 0.25) is 0 Å². The van der Waals surface area contributed by atoms with Crippen LogP contribution in [0.15, 0.2) is 36.4 Å². The van der Waals surface area contributed by atoms with Crippen LogP contribution >= 0.6 is 11.6 Å². The molecule has 0 aliphatic carbocycles. The molecule has 3 heterocycles. The zero-order valence-corrected chi connectivity index (χ0v) is 12.8. The minimum absolute atomic E-state index is 0.706. The maximum absolute atomic E-state index is 6.12. The van der Waals surface area contributed by atoms with E-state index in [0.717, 1.165) is 47.4 Å². The molecule has 5 nitrogen and oxygen atoms in total. The van der Waals surface area contributed by atoms with E-state index in [4.69, 9.17) is 11.6 Å². The number of fused-ring (bicyclic) bond motifs is 3. The monoisotopic (exact) mass is 311 g/mol. The molecule has 0 saturated carbocycles. The van der Waals surface area contributed by atoms with E-state index in [2.05, 4.69) is 25.1 Å². The lowest BCUT2D eigenvalue weighted by Gasteiger charge is -2.12. The van der Waals surface area contributed by atoms with Crippen molar-refractivity contribution in [1.82, 2.24) is 19.7 Å². The molecule has 1 aliphatic heterocycles. The van der Waals surface area contributed by atoms with Crippen LogP contribution in [0.1, 0.15) is 11.5 Å². The molecule has 0 spiro atoms. The highest BCUT2D eigenvalue weighted by Gasteiger charge is 2.21. The summed E-state index contributed by atoms with van der Waals surface area (Å²) >= 11 is 6.12. The summed E-state index contributed by atoms with van der Waals surface area (Å²) in [5.41, 5.74) is 3.76. The highest BCUT2D eigenvalue weighted by atomic mass is 35.5. The van der Waals surface area contributed by atoms with Crippen molar-refractivity contribution in [3.05, 3.63) is 52.9 Å². The summed E-state index contributed by atoms with van der Waals surface area (Å²) in [6.07, 6.45) is 0.797. The molecule has 0 fully saturated rings. The fourth-order valence-electron chi connectivity index (χ4n) is 2.72.